The number of hydrogen-bond acceptors (Lipinski definition) is 4. The molecule has 3 rings (SSSR count). The number of ketones is 1. The van der Waals surface area contributed by atoms with Crippen molar-refractivity contribution in [3.8, 4) is 0 Å². The minimum absolute atomic E-state index is 0.0382. The number of hydrogen-bond donors (Lipinski definition) is 1. The summed E-state index contributed by atoms with van der Waals surface area (Å²) in [5, 5.41) is -0.155. The Hall–Kier alpha value is -2.54. The Labute approximate surface area is 139 Å². The molecule has 0 radical (unpaired) electrons. The lowest BCUT2D eigenvalue weighted by atomic mass is 9.96. The first-order valence-corrected chi connectivity index (χ1v) is 7.14. The van der Waals surface area contributed by atoms with Gasteiger partial charge < -0.3 is 10.5 Å². The standard InChI is InChI=1S/C16H10ClF3N2O2/c17-11-5-9(4-10(6-11)16(18,19)20)12-13(23)14(24-15(12)21)8-2-1-3-22-7-8/h1-7,14H,21H2. The molecule has 0 aliphatic carbocycles. The van der Waals surface area contributed by atoms with Crippen LogP contribution in [-0.2, 0) is 15.7 Å². The second-order valence-electron chi connectivity index (χ2n) is 5.11. The fourth-order valence-corrected chi connectivity index (χ4v) is 2.66. The van der Waals surface area contributed by atoms with Crippen LogP contribution in [0.3, 0.4) is 0 Å². The Morgan fingerprint density at radius 3 is 2.62 bits per heavy atom. The molecule has 0 saturated heterocycles. The van der Waals surface area contributed by atoms with Crippen molar-refractivity contribution in [1.82, 2.24) is 4.98 Å². The molecule has 0 fully saturated rings. The van der Waals surface area contributed by atoms with E-state index in [0.717, 1.165) is 12.1 Å². The zero-order chi connectivity index (χ0) is 17.5. The molecule has 2 heterocycles. The van der Waals surface area contributed by atoms with Crippen molar-refractivity contribution < 1.29 is 22.7 Å². The fourth-order valence-electron chi connectivity index (χ4n) is 2.42. The highest BCUT2D eigenvalue weighted by atomic mass is 35.5. The number of benzene rings is 1. The van der Waals surface area contributed by atoms with Gasteiger partial charge in [-0.15, -0.1) is 0 Å². The highest BCUT2D eigenvalue weighted by molar-refractivity contribution is 6.31. The van der Waals surface area contributed by atoms with Gasteiger partial charge in [-0.2, -0.15) is 13.2 Å². The Morgan fingerprint density at radius 1 is 1.25 bits per heavy atom. The number of nitrogens with two attached hydrogens (primary N) is 1. The molecule has 0 spiro atoms. The molecule has 1 aromatic carbocycles. The molecular weight excluding hydrogens is 345 g/mol. The summed E-state index contributed by atoms with van der Waals surface area (Å²) in [4.78, 5) is 16.5. The summed E-state index contributed by atoms with van der Waals surface area (Å²) >= 11 is 5.76. The SMILES string of the molecule is NC1=C(c2cc(Cl)cc(C(F)(F)F)c2)C(=O)C(c2cccnc2)O1. The molecule has 1 aromatic heterocycles. The van der Waals surface area contributed by atoms with Gasteiger partial charge in [-0.3, -0.25) is 9.78 Å². The summed E-state index contributed by atoms with van der Waals surface area (Å²) in [5.41, 5.74) is 5.05. The van der Waals surface area contributed by atoms with E-state index < -0.39 is 23.6 Å². The maximum Gasteiger partial charge on any atom is 0.416 e. The van der Waals surface area contributed by atoms with Crippen LogP contribution in [0.1, 0.15) is 22.8 Å². The largest absolute Gasteiger partial charge is 0.462 e. The monoisotopic (exact) mass is 354 g/mol. The number of carbonyl (C=O) groups excluding carboxylic acids is 1. The van der Waals surface area contributed by atoms with Gasteiger partial charge in [0.1, 0.15) is 0 Å². The highest BCUT2D eigenvalue weighted by Gasteiger charge is 2.38. The number of carbonyl (C=O) groups is 1. The van der Waals surface area contributed by atoms with E-state index in [1.165, 1.54) is 18.5 Å². The molecule has 4 nitrogen and oxygen atoms in total. The molecule has 0 amide bonds. The summed E-state index contributed by atoms with van der Waals surface area (Å²) in [6.07, 6.45) is -2.69. The topological polar surface area (TPSA) is 65.2 Å². The maximum atomic E-state index is 12.9. The van der Waals surface area contributed by atoms with E-state index in [1.54, 1.807) is 12.1 Å². The lowest BCUT2D eigenvalue weighted by molar-refractivity contribution is -0.137. The summed E-state index contributed by atoms with van der Waals surface area (Å²) in [6.45, 7) is 0. The summed E-state index contributed by atoms with van der Waals surface area (Å²) in [7, 11) is 0. The van der Waals surface area contributed by atoms with Crippen molar-refractivity contribution in [3.63, 3.8) is 0 Å². The van der Waals surface area contributed by atoms with Gasteiger partial charge in [-0.1, -0.05) is 17.7 Å². The van der Waals surface area contributed by atoms with Gasteiger partial charge in [0.2, 0.25) is 5.78 Å². The predicted octanol–water partition coefficient (Wildman–Crippen LogP) is 3.72. The quantitative estimate of drug-likeness (QED) is 0.892. The summed E-state index contributed by atoms with van der Waals surface area (Å²) < 4.78 is 44.2. The Bertz CT molecular complexity index is 835. The second kappa shape index (κ2) is 5.83. The van der Waals surface area contributed by atoms with Gasteiger partial charge in [0.25, 0.3) is 0 Å². The Morgan fingerprint density at radius 2 is 2.00 bits per heavy atom. The Kier molecular flexibility index (Phi) is 3.96. The number of pyridine rings is 1. The molecule has 1 atom stereocenters. The number of halogens is 4. The van der Waals surface area contributed by atoms with E-state index in [1.807, 2.05) is 0 Å². The zero-order valence-electron chi connectivity index (χ0n) is 12.0. The van der Waals surface area contributed by atoms with Gasteiger partial charge in [-0.25, -0.2) is 0 Å². The van der Waals surface area contributed by atoms with Gasteiger partial charge >= 0.3 is 6.18 Å². The number of ether oxygens (including phenoxy) is 1. The first kappa shape index (κ1) is 16.3. The number of rotatable bonds is 2. The molecule has 124 valence electrons. The van der Waals surface area contributed by atoms with Crippen LogP contribution in [0.25, 0.3) is 5.57 Å². The third-order valence-corrected chi connectivity index (χ3v) is 3.69. The molecule has 1 aliphatic rings. The van der Waals surface area contributed by atoms with Gasteiger partial charge in [0, 0.05) is 23.0 Å². The van der Waals surface area contributed by atoms with Crippen LogP contribution in [0.15, 0.2) is 48.6 Å². The smallest absolute Gasteiger partial charge is 0.416 e. The second-order valence-corrected chi connectivity index (χ2v) is 5.55. The Balaban J connectivity index is 2.02. The van der Waals surface area contributed by atoms with E-state index in [0.29, 0.717) is 5.56 Å². The van der Waals surface area contributed by atoms with Crippen LogP contribution >= 0.6 is 11.6 Å². The van der Waals surface area contributed by atoms with Gasteiger partial charge in [0.05, 0.1) is 11.1 Å². The fraction of sp³-hybridized carbons (Fsp3) is 0.125. The lowest BCUT2D eigenvalue weighted by Gasteiger charge is -2.10. The minimum Gasteiger partial charge on any atom is -0.462 e. The molecule has 2 N–H and O–H groups in total. The third-order valence-electron chi connectivity index (χ3n) is 3.48. The molecular formula is C16H10ClF3N2O2. The average Bonchev–Trinajstić information content (AvgIpc) is 2.81. The highest BCUT2D eigenvalue weighted by Crippen LogP contribution is 2.39. The van der Waals surface area contributed by atoms with Crippen molar-refractivity contribution in [2.75, 3.05) is 0 Å². The maximum absolute atomic E-state index is 12.9. The van der Waals surface area contributed by atoms with Gasteiger partial charge in [-0.05, 0) is 29.8 Å². The van der Waals surface area contributed by atoms with Crippen molar-refractivity contribution in [2.24, 2.45) is 5.73 Å². The van der Waals surface area contributed by atoms with E-state index in [2.05, 4.69) is 4.98 Å². The zero-order valence-corrected chi connectivity index (χ0v) is 12.7. The van der Waals surface area contributed by atoms with E-state index in [-0.39, 0.29) is 22.0 Å². The van der Waals surface area contributed by atoms with E-state index in [9.17, 15) is 18.0 Å². The molecule has 1 unspecified atom stereocenters. The van der Waals surface area contributed by atoms with Crippen LogP contribution in [0.2, 0.25) is 5.02 Å². The molecule has 0 saturated carbocycles. The number of aromatic nitrogens is 1. The molecule has 0 bridgehead atoms. The van der Waals surface area contributed by atoms with Crippen molar-refractivity contribution >= 4 is 23.0 Å². The number of nitrogens with zero attached hydrogens (tertiary/aromatic N) is 1. The molecule has 2 aromatic rings. The third kappa shape index (κ3) is 2.94. The normalized spacial score (nSPS) is 18.0. The minimum atomic E-state index is -4.60. The van der Waals surface area contributed by atoms with Crippen LogP contribution < -0.4 is 5.73 Å². The van der Waals surface area contributed by atoms with Crippen LogP contribution in [-0.4, -0.2) is 10.8 Å². The van der Waals surface area contributed by atoms with Crippen LogP contribution in [0, 0.1) is 0 Å². The summed E-state index contributed by atoms with van der Waals surface area (Å²) in [6, 6.07) is 6.07. The van der Waals surface area contributed by atoms with Crippen molar-refractivity contribution in [1.29, 1.82) is 0 Å². The van der Waals surface area contributed by atoms with Crippen molar-refractivity contribution in [3.05, 3.63) is 70.3 Å². The first-order chi connectivity index (χ1) is 11.3. The lowest BCUT2D eigenvalue weighted by Crippen LogP contribution is -2.11. The first-order valence-electron chi connectivity index (χ1n) is 6.76. The van der Waals surface area contributed by atoms with E-state index >= 15 is 0 Å². The molecule has 24 heavy (non-hydrogen) atoms. The number of Topliss-reactive ketones (excluding diaryl/α,β-unsaturated/α-hetero) is 1. The number of alkyl halides is 3. The average molecular weight is 355 g/mol. The van der Waals surface area contributed by atoms with Crippen LogP contribution in [0.5, 0.6) is 0 Å². The van der Waals surface area contributed by atoms with E-state index in [4.69, 9.17) is 22.1 Å². The van der Waals surface area contributed by atoms with Gasteiger partial charge in [0.15, 0.2) is 12.0 Å². The van der Waals surface area contributed by atoms with Crippen LogP contribution in [0.4, 0.5) is 13.2 Å². The van der Waals surface area contributed by atoms with Crippen molar-refractivity contribution in [2.45, 2.75) is 12.3 Å². The molecule has 8 heteroatoms. The summed E-state index contributed by atoms with van der Waals surface area (Å²) in [5.74, 6) is -0.792. The molecule has 1 aliphatic heterocycles. The predicted molar refractivity (Wildman–Crippen MR) is 80.6 cm³/mol.